The lowest BCUT2D eigenvalue weighted by Gasteiger charge is -2.26. The van der Waals surface area contributed by atoms with Gasteiger partial charge in [-0.2, -0.15) is 0 Å². The fourth-order valence-corrected chi connectivity index (χ4v) is 5.48. The smallest absolute Gasteiger partial charge is 0.305 e. The summed E-state index contributed by atoms with van der Waals surface area (Å²) in [6.07, 6.45) is 10.4. The van der Waals surface area contributed by atoms with Crippen LogP contribution in [-0.4, -0.2) is 77.9 Å². The molecule has 4 amide bonds. The summed E-state index contributed by atoms with van der Waals surface area (Å²) in [6.45, 7) is 3.83. The fourth-order valence-electron chi connectivity index (χ4n) is 5.48. The molecule has 0 spiro atoms. The minimum Gasteiger partial charge on any atom is -0.481 e. The van der Waals surface area contributed by atoms with Gasteiger partial charge in [0.25, 0.3) is 0 Å². The highest BCUT2D eigenvalue weighted by molar-refractivity contribution is 5.94. The van der Waals surface area contributed by atoms with E-state index in [1.54, 1.807) is 6.92 Å². The summed E-state index contributed by atoms with van der Waals surface area (Å²) in [5.74, 6) is -2.42. The van der Waals surface area contributed by atoms with Gasteiger partial charge in [-0.25, -0.2) is 0 Å². The Kier molecular flexibility index (Phi) is 14.1. The van der Waals surface area contributed by atoms with Crippen molar-refractivity contribution in [3.63, 3.8) is 0 Å². The first-order valence-electron chi connectivity index (χ1n) is 14.3. The molecule has 38 heavy (non-hydrogen) atoms. The number of carbonyl (C=O) groups is 5. The van der Waals surface area contributed by atoms with Crippen LogP contribution in [0, 0.1) is 11.8 Å². The van der Waals surface area contributed by atoms with E-state index in [0.29, 0.717) is 31.2 Å². The average molecular weight is 538 g/mol. The van der Waals surface area contributed by atoms with Gasteiger partial charge >= 0.3 is 5.97 Å². The van der Waals surface area contributed by atoms with Crippen molar-refractivity contribution in [1.82, 2.24) is 20.9 Å². The van der Waals surface area contributed by atoms with E-state index in [4.69, 9.17) is 5.73 Å². The Labute approximate surface area is 226 Å². The summed E-state index contributed by atoms with van der Waals surface area (Å²) in [7, 11) is 0. The zero-order chi connectivity index (χ0) is 27.9. The molecule has 11 heteroatoms. The lowest BCUT2D eigenvalue weighted by atomic mass is 9.85. The molecule has 2 aliphatic rings. The van der Waals surface area contributed by atoms with Crippen LogP contribution in [0.1, 0.15) is 90.4 Å². The molecule has 1 aliphatic heterocycles. The van der Waals surface area contributed by atoms with Crippen LogP contribution in [0.4, 0.5) is 0 Å². The van der Waals surface area contributed by atoms with Crippen molar-refractivity contribution in [2.45, 2.75) is 102 Å². The van der Waals surface area contributed by atoms with Gasteiger partial charge in [-0.3, -0.25) is 24.0 Å². The third kappa shape index (κ3) is 11.8. The highest BCUT2D eigenvalue weighted by atomic mass is 16.4. The third-order valence-electron chi connectivity index (χ3n) is 7.81. The summed E-state index contributed by atoms with van der Waals surface area (Å²) in [5, 5.41) is 17.6. The van der Waals surface area contributed by atoms with Gasteiger partial charge in [-0.1, -0.05) is 32.1 Å². The standard InChI is InChI=1S/C27H47N5O6/c1-2-32(24(34)10-6-9-20-13-15-29-16-14-20)18-23(33)30-22(17-25(35)36)27(38)31-21(26(28)37)12-11-19-7-4-3-5-8-19/h19-22,29H,2-18H2,1H3,(H2,28,37)(H,30,33)(H,31,38)(H,35,36)/t21-,22-/m0/s1. The topological polar surface area (TPSA) is 171 Å². The molecule has 0 bridgehead atoms. The van der Waals surface area contributed by atoms with Crippen LogP contribution in [0.25, 0.3) is 0 Å². The second kappa shape index (κ2) is 17.0. The number of nitrogens with zero attached hydrogens (tertiary/aromatic N) is 1. The number of nitrogens with two attached hydrogens (primary N) is 1. The fraction of sp³-hybridized carbons (Fsp3) is 0.815. The van der Waals surface area contributed by atoms with Crippen molar-refractivity contribution in [1.29, 1.82) is 0 Å². The molecule has 2 fully saturated rings. The van der Waals surface area contributed by atoms with Crippen LogP contribution < -0.4 is 21.7 Å². The number of nitrogens with one attached hydrogen (secondary N) is 3. The van der Waals surface area contributed by atoms with E-state index in [2.05, 4.69) is 16.0 Å². The van der Waals surface area contributed by atoms with Crippen molar-refractivity contribution in [3.8, 4) is 0 Å². The maximum absolute atomic E-state index is 12.9. The number of primary amides is 1. The van der Waals surface area contributed by atoms with Gasteiger partial charge in [0.05, 0.1) is 13.0 Å². The van der Waals surface area contributed by atoms with Crippen LogP contribution in [0.2, 0.25) is 0 Å². The van der Waals surface area contributed by atoms with Gasteiger partial charge in [-0.15, -0.1) is 0 Å². The van der Waals surface area contributed by atoms with Crippen LogP contribution in [0.3, 0.4) is 0 Å². The van der Waals surface area contributed by atoms with E-state index in [9.17, 15) is 29.1 Å². The zero-order valence-corrected chi connectivity index (χ0v) is 22.8. The monoisotopic (exact) mass is 537 g/mol. The Bertz CT molecular complexity index is 795. The zero-order valence-electron chi connectivity index (χ0n) is 22.8. The predicted octanol–water partition coefficient (Wildman–Crippen LogP) is 1.29. The molecule has 0 radical (unpaired) electrons. The first kappa shape index (κ1) is 31.5. The van der Waals surface area contributed by atoms with Crippen molar-refractivity contribution in [2.75, 3.05) is 26.2 Å². The molecule has 0 aromatic rings. The van der Waals surface area contributed by atoms with Gasteiger partial charge < -0.3 is 31.7 Å². The highest BCUT2D eigenvalue weighted by Gasteiger charge is 2.29. The van der Waals surface area contributed by atoms with Gasteiger partial charge in [0.15, 0.2) is 0 Å². The molecule has 0 unspecified atom stereocenters. The Hall–Kier alpha value is -2.69. The normalized spacial score (nSPS) is 18.2. The summed E-state index contributed by atoms with van der Waals surface area (Å²) >= 11 is 0. The molecule has 2 rings (SSSR count). The quantitative estimate of drug-likeness (QED) is 0.197. The molecule has 0 aromatic carbocycles. The molecule has 1 aliphatic carbocycles. The number of hydrogen-bond donors (Lipinski definition) is 5. The first-order valence-corrected chi connectivity index (χ1v) is 14.3. The number of piperidine rings is 1. The summed E-state index contributed by atoms with van der Waals surface area (Å²) in [6, 6.07) is -2.32. The number of carbonyl (C=O) groups excluding carboxylic acids is 4. The Morgan fingerprint density at radius 3 is 2.21 bits per heavy atom. The second-order valence-corrected chi connectivity index (χ2v) is 10.8. The van der Waals surface area contributed by atoms with Crippen LogP contribution in [0.5, 0.6) is 0 Å². The van der Waals surface area contributed by atoms with E-state index >= 15 is 0 Å². The molecule has 216 valence electrons. The maximum atomic E-state index is 12.9. The Balaban J connectivity index is 1.86. The van der Waals surface area contributed by atoms with E-state index in [0.717, 1.165) is 70.9 Å². The molecule has 6 N–H and O–H groups in total. The molecular weight excluding hydrogens is 490 g/mol. The Morgan fingerprint density at radius 2 is 1.61 bits per heavy atom. The van der Waals surface area contributed by atoms with Gasteiger partial charge in [0, 0.05) is 13.0 Å². The molecule has 2 atom stereocenters. The van der Waals surface area contributed by atoms with E-state index in [1.807, 2.05) is 0 Å². The number of hydrogen-bond acceptors (Lipinski definition) is 6. The van der Waals surface area contributed by atoms with Gasteiger partial charge in [-0.05, 0) is 70.4 Å². The lowest BCUT2D eigenvalue weighted by Crippen LogP contribution is -2.55. The van der Waals surface area contributed by atoms with Crippen molar-refractivity contribution in [3.05, 3.63) is 0 Å². The van der Waals surface area contributed by atoms with Crippen molar-refractivity contribution in [2.24, 2.45) is 17.6 Å². The SMILES string of the molecule is CCN(CC(=O)N[C@@H](CC(=O)O)C(=O)N[C@@H](CCC1CCCCC1)C(N)=O)C(=O)CCCC1CCNCC1. The lowest BCUT2D eigenvalue weighted by molar-refractivity contribution is -0.142. The molecular formula is C27H47N5O6. The van der Waals surface area contributed by atoms with E-state index in [1.165, 1.54) is 11.3 Å². The van der Waals surface area contributed by atoms with Crippen molar-refractivity contribution >= 4 is 29.6 Å². The minimum absolute atomic E-state index is 0.146. The number of amides is 4. The van der Waals surface area contributed by atoms with Crippen molar-refractivity contribution < 1.29 is 29.1 Å². The van der Waals surface area contributed by atoms with Crippen LogP contribution >= 0.6 is 0 Å². The number of rotatable bonds is 16. The second-order valence-electron chi connectivity index (χ2n) is 10.8. The van der Waals surface area contributed by atoms with E-state index < -0.39 is 42.2 Å². The highest BCUT2D eigenvalue weighted by Crippen LogP contribution is 2.27. The third-order valence-corrected chi connectivity index (χ3v) is 7.81. The molecule has 1 saturated carbocycles. The largest absolute Gasteiger partial charge is 0.481 e. The number of aliphatic carboxylic acids is 1. The number of carboxylic acid groups (broad SMARTS) is 1. The minimum atomic E-state index is -1.38. The Morgan fingerprint density at radius 1 is 0.947 bits per heavy atom. The summed E-state index contributed by atoms with van der Waals surface area (Å²) in [4.78, 5) is 63.0. The van der Waals surface area contributed by atoms with Gasteiger partial charge in [0.2, 0.25) is 23.6 Å². The molecule has 1 heterocycles. The molecule has 0 aromatic heterocycles. The summed E-state index contributed by atoms with van der Waals surface area (Å²) < 4.78 is 0. The van der Waals surface area contributed by atoms with Crippen LogP contribution in [0.15, 0.2) is 0 Å². The van der Waals surface area contributed by atoms with E-state index in [-0.39, 0.29) is 12.5 Å². The first-order chi connectivity index (χ1) is 18.2. The van der Waals surface area contributed by atoms with Crippen LogP contribution in [-0.2, 0) is 24.0 Å². The predicted molar refractivity (Wildman–Crippen MR) is 143 cm³/mol. The summed E-state index contributed by atoms with van der Waals surface area (Å²) in [5.41, 5.74) is 5.50. The molecule has 11 nitrogen and oxygen atoms in total. The molecule has 1 saturated heterocycles. The average Bonchev–Trinajstić information content (AvgIpc) is 2.89. The maximum Gasteiger partial charge on any atom is 0.305 e. The number of likely N-dealkylation sites (N-methyl/N-ethyl adjacent to an activating group) is 1. The van der Waals surface area contributed by atoms with Gasteiger partial charge in [0.1, 0.15) is 12.1 Å². The number of carboxylic acids is 1.